The number of hydrogen-bond donors (Lipinski definition) is 1. The van der Waals surface area contributed by atoms with Gasteiger partial charge in [-0.2, -0.15) is 5.26 Å². The summed E-state index contributed by atoms with van der Waals surface area (Å²) in [6, 6.07) is 51.6. The molecule has 0 amide bonds. The van der Waals surface area contributed by atoms with Crippen molar-refractivity contribution >= 4 is 30.1 Å². The molecule has 0 unspecified atom stereocenters. The van der Waals surface area contributed by atoms with Crippen LogP contribution >= 0.6 is 8.07 Å². The predicted molar refractivity (Wildman–Crippen MR) is 191 cm³/mol. The molecule has 6 aromatic rings. The Hall–Kier alpha value is -5.76. The Morgan fingerprint density at radius 3 is 1.39 bits per heavy atom. The van der Waals surface area contributed by atoms with Crippen LogP contribution in [0.5, 0.6) is 0 Å². The molecule has 0 radical (unpaired) electrons. The highest BCUT2D eigenvalue weighted by Gasteiger charge is 2.22. The van der Waals surface area contributed by atoms with Crippen molar-refractivity contribution in [1.82, 2.24) is 15.0 Å². The van der Waals surface area contributed by atoms with Crippen LogP contribution < -0.4 is 16.3 Å². The number of benzene rings is 5. The molecule has 0 saturated carbocycles. The number of nitrogens with zero attached hydrogens (tertiary/aromatic N) is 5. The molecular weight excluding hydrogens is 583 g/mol. The lowest BCUT2D eigenvalue weighted by molar-refractivity contribution is 1.03. The third-order valence-corrected chi connectivity index (χ3v) is 8.78. The summed E-state index contributed by atoms with van der Waals surface area (Å²) in [5, 5.41) is 12.8. The quantitative estimate of drug-likeness (QED) is 0.106. The van der Waals surface area contributed by atoms with Gasteiger partial charge in [-0.15, -0.1) is 0 Å². The van der Waals surface area contributed by atoms with Gasteiger partial charge in [0, 0.05) is 27.3 Å². The zero-order chi connectivity index (χ0) is 32.1. The minimum atomic E-state index is -1.24. The molecule has 0 fully saturated rings. The standard InChI is InChI=1S/C37H27N6P.C2H6/c38-26-32(33(39)37-41-35(28-18-8-2-9-19-28)40-36(42-37)29-20-10-3-11-21-29)34(27-16-6-1-7-17-27)43-44(30-22-12-4-13-23-30)31-24-14-5-15-25-31;1-2/h1-25H,39H2;1-2H3/b33-32-,43-34-;. The molecule has 0 bridgehead atoms. The van der Waals surface area contributed by atoms with E-state index in [1.54, 1.807) is 0 Å². The molecule has 5 aromatic carbocycles. The third kappa shape index (κ3) is 7.47. The summed E-state index contributed by atoms with van der Waals surface area (Å²) < 4.78 is 5.32. The third-order valence-electron chi connectivity index (χ3n) is 6.81. The average molecular weight is 617 g/mol. The van der Waals surface area contributed by atoms with Gasteiger partial charge in [0.15, 0.2) is 17.5 Å². The van der Waals surface area contributed by atoms with Crippen molar-refractivity contribution in [3.63, 3.8) is 0 Å². The summed E-state index contributed by atoms with van der Waals surface area (Å²) in [5.41, 5.74) is 10.1. The fourth-order valence-corrected chi connectivity index (χ4v) is 6.49. The molecule has 6 rings (SSSR count). The fraction of sp³-hybridized carbons (Fsp3) is 0.0513. The predicted octanol–water partition coefficient (Wildman–Crippen LogP) is 7.96. The van der Waals surface area contributed by atoms with Crippen LogP contribution in [0.4, 0.5) is 0 Å². The lowest BCUT2D eigenvalue weighted by Gasteiger charge is -2.17. The fourth-order valence-electron chi connectivity index (χ4n) is 4.63. The molecule has 46 heavy (non-hydrogen) atoms. The van der Waals surface area contributed by atoms with Gasteiger partial charge in [-0.1, -0.05) is 166 Å². The first-order valence-electron chi connectivity index (χ1n) is 15.0. The van der Waals surface area contributed by atoms with Gasteiger partial charge in [-0.3, -0.25) is 0 Å². The molecule has 0 aliphatic rings. The molecule has 224 valence electrons. The van der Waals surface area contributed by atoms with E-state index in [9.17, 15) is 5.26 Å². The van der Waals surface area contributed by atoms with E-state index in [-0.39, 0.29) is 17.1 Å². The molecule has 1 aromatic heterocycles. The summed E-state index contributed by atoms with van der Waals surface area (Å²) in [6.07, 6.45) is 0. The second-order valence-corrected chi connectivity index (χ2v) is 11.6. The van der Waals surface area contributed by atoms with E-state index in [2.05, 4.69) is 30.3 Å². The molecule has 0 atom stereocenters. The zero-order valence-corrected chi connectivity index (χ0v) is 26.6. The highest BCUT2D eigenvalue weighted by atomic mass is 31.1. The smallest absolute Gasteiger partial charge is 0.181 e. The van der Waals surface area contributed by atoms with Crippen LogP contribution in [-0.4, -0.2) is 20.7 Å². The molecule has 0 aliphatic heterocycles. The van der Waals surface area contributed by atoms with Crippen LogP contribution in [-0.2, 0) is 0 Å². The average Bonchev–Trinajstić information content (AvgIpc) is 3.15. The second kappa shape index (κ2) is 15.8. The Bertz CT molecular complexity index is 1860. The molecule has 1 heterocycles. The van der Waals surface area contributed by atoms with Crippen molar-refractivity contribution < 1.29 is 0 Å². The lowest BCUT2D eigenvalue weighted by atomic mass is 10.0. The van der Waals surface area contributed by atoms with Gasteiger partial charge >= 0.3 is 0 Å². The first-order valence-corrected chi connectivity index (χ1v) is 16.3. The summed E-state index contributed by atoms with van der Waals surface area (Å²) in [6.45, 7) is 4.00. The van der Waals surface area contributed by atoms with Gasteiger partial charge < -0.3 is 5.73 Å². The minimum Gasteiger partial charge on any atom is -0.395 e. The van der Waals surface area contributed by atoms with Crippen LogP contribution in [0.3, 0.4) is 0 Å². The van der Waals surface area contributed by atoms with Crippen LogP contribution in [0.1, 0.15) is 25.2 Å². The van der Waals surface area contributed by atoms with Gasteiger partial charge in [0.2, 0.25) is 0 Å². The first-order chi connectivity index (χ1) is 22.7. The van der Waals surface area contributed by atoms with E-state index in [1.807, 2.05) is 141 Å². The molecule has 0 spiro atoms. The normalized spacial score (nSPS) is 11.6. The van der Waals surface area contributed by atoms with E-state index in [4.69, 9.17) is 25.4 Å². The van der Waals surface area contributed by atoms with Crippen molar-refractivity contribution in [1.29, 1.82) is 5.26 Å². The number of allylic oxidation sites excluding steroid dienone is 1. The molecule has 0 aliphatic carbocycles. The molecule has 6 nitrogen and oxygen atoms in total. The highest BCUT2D eigenvalue weighted by Crippen LogP contribution is 2.37. The zero-order valence-electron chi connectivity index (χ0n) is 25.7. The lowest BCUT2D eigenvalue weighted by Crippen LogP contribution is -2.16. The SMILES string of the molecule is CC.N#CC(/C(=N\P(c1ccccc1)c1ccccc1)c1ccccc1)=C(/N)c1nc(-c2ccccc2)nc(-c2ccccc2)n1. The van der Waals surface area contributed by atoms with Crippen molar-refractivity contribution in [3.05, 3.63) is 169 Å². The van der Waals surface area contributed by atoms with Gasteiger partial charge in [0.1, 0.15) is 11.6 Å². The molecule has 7 heteroatoms. The Labute approximate surface area is 271 Å². The molecular formula is C39H33N6P. The van der Waals surface area contributed by atoms with Gasteiger partial charge in [-0.25, -0.2) is 19.7 Å². The van der Waals surface area contributed by atoms with Crippen molar-refractivity contribution in [2.24, 2.45) is 10.5 Å². The Morgan fingerprint density at radius 2 is 0.978 bits per heavy atom. The maximum absolute atomic E-state index is 10.7. The van der Waals surface area contributed by atoms with Crippen LogP contribution in [0, 0.1) is 11.3 Å². The van der Waals surface area contributed by atoms with Crippen LogP contribution in [0.2, 0.25) is 0 Å². The maximum Gasteiger partial charge on any atom is 0.181 e. The van der Waals surface area contributed by atoms with Crippen LogP contribution in [0.25, 0.3) is 28.5 Å². The topological polar surface area (TPSA) is 101 Å². The van der Waals surface area contributed by atoms with E-state index in [0.29, 0.717) is 17.4 Å². The Balaban J connectivity index is 0.00000204. The van der Waals surface area contributed by atoms with Crippen molar-refractivity contribution in [3.8, 4) is 28.8 Å². The van der Waals surface area contributed by atoms with E-state index in [0.717, 1.165) is 27.3 Å². The number of nitrogens with two attached hydrogens (primary N) is 1. The monoisotopic (exact) mass is 616 g/mol. The van der Waals surface area contributed by atoms with Gasteiger partial charge in [-0.05, 0) is 0 Å². The summed E-state index contributed by atoms with van der Waals surface area (Å²) in [4.78, 5) is 14.3. The van der Waals surface area contributed by atoms with E-state index in [1.165, 1.54) is 0 Å². The Morgan fingerprint density at radius 1 is 0.587 bits per heavy atom. The highest BCUT2D eigenvalue weighted by molar-refractivity contribution is 7.72. The largest absolute Gasteiger partial charge is 0.395 e. The van der Waals surface area contributed by atoms with E-state index >= 15 is 0 Å². The van der Waals surface area contributed by atoms with Crippen molar-refractivity contribution in [2.75, 3.05) is 0 Å². The number of rotatable bonds is 8. The summed E-state index contributed by atoms with van der Waals surface area (Å²) >= 11 is 0. The summed E-state index contributed by atoms with van der Waals surface area (Å²) in [7, 11) is -1.24. The number of aromatic nitrogens is 3. The first kappa shape index (κ1) is 31.7. The van der Waals surface area contributed by atoms with Crippen LogP contribution in [0.15, 0.2) is 162 Å². The Kier molecular flexibility index (Phi) is 10.9. The maximum atomic E-state index is 10.7. The number of nitriles is 1. The summed E-state index contributed by atoms with van der Waals surface area (Å²) in [5.74, 6) is 1.13. The minimum absolute atomic E-state index is 0.128. The molecule has 0 saturated heterocycles. The van der Waals surface area contributed by atoms with Gasteiger partial charge in [0.05, 0.1) is 19.5 Å². The van der Waals surface area contributed by atoms with Crippen molar-refractivity contribution in [2.45, 2.75) is 13.8 Å². The van der Waals surface area contributed by atoms with Gasteiger partial charge in [0.25, 0.3) is 0 Å². The second-order valence-electron chi connectivity index (χ2n) is 9.74. The van der Waals surface area contributed by atoms with E-state index < -0.39 is 8.07 Å². The number of hydrogen-bond acceptors (Lipinski definition) is 6. The molecule has 2 N–H and O–H groups in total.